The predicted molar refractivity (Wildman–Crippen MR) is 109 cm³/mol. The van der Waals surface area contributed by atoms with E-state index >= 15 is 0 Å². The molecule has 0 bridgehead atoms. The van der Waals surface area contributed by atoms with Crippen LogP contribution in [0, 0.1) is 10.1 Å². The molecule has 162 valence electrons. The minimum absolute atomic E-state index is 0.000817. The number of hydrogen-bond acceptors (Lipinski definition) is 8. The lowest BCUT2D eigenvalue weighted by atomic mass is 10.0. The first-order valence-corrected chi connectivity index (χ1v) is 9.58. The van der Waals surface area contributed by atoms with Crippen molar-refractivity contribution in [1.29, 1.82) is 0 Å². The highest BCUT2D eigenvalue weighted by Gasteiger charge is 2.19. The maximum absolute atomic E-state index is 11.4. The number of ether oxygens (including phenoxy) is 2. The zero-order valence-electron chi connectivity index (χ0n) is 16.9. The van der Waals surface area contributed by atoms with Crippen LogP contribution in [-0.2, 0) is 16.0 Å². The summed E-state index contributed by atoms with van der Waals surface area (Å²) in [6.07, 6.45) is -0.273. The van der Waals surface area contributed by atoms with Gasteiger partial charge in [-0.3, -0.25) is 10.1 Å². The number of rotatable bonds is 11. The molecule has 0 heterocycles. The monoisotopic (exact) mass is 418 g/mol. The van der Waals surface area contributed by atoms with E-state index in [1.54, 1.807) is 25.1 Å². The lowest BCUT2D eigenvalue weighted by Crippen LogP contribution is -2.33. The van der Waals surface area contributed by atoms with Crippen LogP contribution in [0.2, 0.25) is 0 Å². The number of esters is 1. The van der Waals surface area contributed by atoms with Gasteiger partial charge in [0.25, 0.3) is 0 Å². The van der Waals surface area contributed by atoms with Gasteiger partial charge in [-0.15, -0.1) is 0 Å². The first-order valence-electron chi connectivity index (χ1n) is 9.58. The third kappa shape index (κ3) is 6.71. The smallest absolute Gasteiger partial charge is 0.344 e. The van der Waals surface area contributed by atoms with Gasteiger partial charge in [-0.25, -0.2) is 4.79 Å². The highest BCUT2D eigenvalue weighted by atomic mass is 16.6. The molecule has 0 radical (unpaired) electrons. The number of benzene rings is 2. The number of aliphatic hydroxyl groups is 1. The Morgan fingerprint density at radius 2 is 1.93 bits per heavy atom. The molecule has 0 saturated carbocycles. The van der Waals surface area contributed by atoms with Gasteiger partial charge in [-0.1, -0.05) is 18.2 Å². The number of aliphatic hydroxyl groups excluding tert-OH is 1. The summed E-state index contributed by atoms with van der Waals surface area (Å²) in [5, 5.41) is 34.2. The lowest BCUT2D eigenvalue weighted by Gasteiger charge is -2.20. The first kappa shape index (κ1) is 23.1. The second-order valence-corrected chi connectivity index (χ2v) is 6.68. The van der Waals surface area contributed by atoms with Crippen molar-refractivity contribution in [3.63, 3.8) is 0 Å². The Bertz CT molecular complexity index is 855. The summed E-state index contributed by atoms with van der Waals surface area (Å²) >= 11 is 0. The molecule has 0 spiro atoms. The molecule has 0 aliphatic heterocycles. The average Bonchev–Trinajstić information content (AvgIpc) is 2.72. The Labute approximate surface area is 174 Å². The van der Waals surface area contributed by atoms with Gasteiger partial charge in [-0.05, 0) is 56.1 Å². The van der Waals surface area contributed by atoms with Crippen LogP contribution in [0.3, 0.4) is 0 Å². The van der Waals surface area contributed by atoms with E-state index in [1.165, 1.54) is 24.3 Å². The summed E-state index contributed by atoms with van der Waals surface area (Å²) < 4.78 is 9.96. The second kappa shape index (κ2) is 11.1. The zero-order valence-corrected chi connectivity index (χ0v) is 16.9. The second-order valence-electron chi connectivity index (χ2n) is 6.68. The molecule has 0 aliphatic rings. The highest BCUT2D eigenvalue weighted by molar-refractivity contribution is 5.71. The molecular formula is C21H26N2O7. The normalized spacial score (nSPS) is 12.8. The van der Waals surface area contributed by atoms with Crippen molar-refractivity contribution in [3.05, 3.63) is 63.7 Å². The fourth-order valence-corrected chi connectivity index (χ4v) is 2.84. The Balaban J connectivity index is 1.93. The Morgan fingerprint density at radius 3 is 2.57 bits per heavy atom. The van der Waals surface area contributed by atoms with Gasteiger partial charge in [0.15, 0.2) is 12.4 Å². The highest BCUT2D eigenvalue weighted by Crippen LogP contribution is 2.28. The summed E-state index contributed by atoms with van der Waals surface area (Å²) in [6.45, 7) is 3.77. The van der Waals surface area contributed by atoms with Crippen LogP contribution in [0.15, 0.2) is 42.5 Å². The molecule has 30 heavy (non-hydrogen) atoms. The van der Waals surface area contributed by atoms with Gasteiger partial charge in [-0.2, -0.15) is 0 Å². The van der Waals surface area contributed by atoms with Crippen molar-refractivity contribution in [2.24, 2.45) is 0 Å². The maximum atomic E-state index is 11.4. The van der Waals surface area contributed by atoms with E-state index in [-0.39, 0.29) is 29.8 Å². The SMILES string of the molecule is CCOC(=O)COc1ccc(CCN[C@@H](C)[C@H](O)c2ccc(O)cc2)cc1[N+](=O)[O-]. The third-order valence-corrected chi connectivity index (χ3v) is 4.46. The summed E-state index contributed by atoms with van der Waals surface area (Å²) in [6, 6.07) is 10.6. The van der Waals surface area contributed by atoms with Gasteiger partial charge >= 0.3 is 11.7 Å². The van der Waals surface area contributed by atoms with Gasteiger partial charge < -0.3 is 25.0 Å². The van der Waals surface area contributed by atoms with Crippen molar-refractivity contribution < 1.29 is 29.4 Å². The third-order valence-electron chi connectivity index (χ3n) is 4.46. The summed E-state index contributed by atoms with van der Waals surface area (Å²) in [5.74, 6) is -0.468. The van der Waals surface area contributed by atoms with Crippen molar-refractivity contribution in [1.82, 2.24) is 5.32 Å². The lowest BCUT2D eigenvalue weighted by molar-refractivity contribution is -0.385. The number of nitro benzene ring substituents is 1. The molecule has 0 aliphatic carbocycles. The Kier molecular flexibility index (Phi) is 8.57. The molecule has 2 rings (SSSR count). The number of hydrogen-bond donors (Lipinski definition) is 3. The van der Waals surface area contributed by atoms with Crippen LogP contribution in [0.5, 0.6) is 11.5 Å². The standard InChI is InChI=1S/C21H26N2O7/c1-3-29-20(25)13-30-19-9-4-15(12-18(19)23(27)28)10-11-22-14(2)21(26)16-5-7-17(24)8-6-16/h4-9,12,14,21-22,24,26H,3,10-11,13H2,1-2H3/t14-,21-/m0/s1. The molecule has 0 fully saturated rings. The van der Waals surface area contributed by atoms with Gasteiger partial charge in [0.1, 0.15) is 5.75 Å². The molecule has 9 nitrogen and oxygen atoms in total. The molecule has 0 amide bonds. The van der Waals surface area contributed by atoms with Crippen LogP contribution >= 0.6 is 0 Å². The molecule has 2 atom stereocenters. The van der Waals surface area contributed by atoms with Crippen molar-refractivity contribution in [3.8, 4) is 11.5 Å². The molecule has 0 unspecified atom stereocenters. The van der Waals surface area contributed by atoms with E-state index in [9.17, 15) is 25.1 Å². The number of aromatic hydroxyl groups is 1. The van der Waals surface area contributed by atoms with E-state index in [2.05, 4.69) is 5.32 Å². The number of nitrogens with zero attached hydrogens (tertiary/aromatic N) is 1. The minimum Gasteiger partial charge on any atom is -0.508 e. The van der Waals surface area contributed by atoms with E-state index in [0.717, 1.165) is 0 Å². The van der Waals surface area contributed by atoms with Crippen LogP contribution < -0.4 is 10.1 Å². The fraction of sp³-hybridized carbons (Fsp3) is 0.381. The van der Waals surface area contributed by atoms with E-state index in [0.29, 0.717) is 24.1 Å². The van der Waals surface area contributed by atoms with Gasteiger partial charge in [0.2, 0.25) is 0 Å². The molecule has 3 N–H and O–H groups in total. The Hall–Kier alpha value is -3.17. The number of carbonyl (C=O) groups excluding carboxylic acids is 1. The number of nitrogens with one attached hydrogen (secondary N) is 1. The number of nitro groups is 1. The van der Waals surface area contributed by atoms with E-state index < -0.39 is 23.6 Å². The predicted octanol–water partition coefficient (Wildman–Crippen LogP) is 2.50. The Morgan fingerprint density at radius 1 is 1.23 bits per heavy atom. The molecule has 0 saturated heterocycles. The summed E-state index contributed by atoms with van der Waals surface area (Å²) in [4.78, 5) is 22.2. The van der Waals surface area contributed by atoms with Crippen molar-refractivity contribution in [2.75, 3.05) is 19.8 Å². The molecular weight excluding hydrogens is 392 g/mol. The van der Waals surface area contributed by atoms with Crippen LogP contribution in [0.25, 0.3) is 0 Å². The van der Waals surface area contributed by atoms with Gasteiger partial charge in [0.05, 0.1) is 17.6 Å². The number of phenolic OH excluding ortho intramolecular Hbond substituents is 1. The van der Waals surface area contributed by atoms with Crippen LogP contribution in [0.1, 0.15) is 31.1 Å². The molecule has 2 aromatic rings. The summed E-state index contributed by atoms with van der Waals surface area (Å²) in [7, 11) is 0. The molecule has 2 aromatic carbocycles. The largest absolute Gasteiger partial charge is 0.508 e. The minimum atomic E-state index is -0.765. The zero-order chi connectivity index (χ0) is 22.1. The van der Waals surface area contributed by atoms with Crippen LogP contribution in [0.4, 0.5) is 5.69 Å². The van der Waals surface area contributed by atoms with E-state index in [1.807, 2.05) is 6.92 Å². The maximum Gasteiger partial charge on any atom is 0.344 e. The fourth-order valence-electron chi connectivity index (χ4n) is 2.84. The van der Waals surface area contributed by atoms with Gasteiger partial charge in [0, 0.05) is 12.1 Å². The van der Waals surface area contributed by atoms with Crippen molar-refractivity contribution in [2.45, 2.75) is 32.4 Å². The number of carbonyl (C=O) groups is 1. The topological polar surface area (TPSA) is 131 Å². The summed E-state index contributed by atoms with van der Waals surface area (Å²) in [5.41, 5.74) is 1.16. The average molecular weight is 418 g/mol. The molecule has 9 heteroatoms. The molecule has 0 aromatic heterocycles. The number of phenols is 1. The quantitative estimate of drug-likeness (QED) is 0.288. The first-order chi connectivity index (χ1) is 14.3. The van der Waals surface area contributed by atoms with E-state index in [4.69, 9.17) is 9.47 Å². The van der Waals surface area contributed by atoms with Crippen LogP contribution in [-0.4, -0.2) is 46.9 Å². The van der Waals surface area contributed by atoms with Crippen molar-refractivity contribution >= 4 is 11.7 Å².